The van der Waals surface area contributed by atoms with Crippen LogP contribution in [0.15, 0.2) is 263 Å². The Labute approximate surface area is 385 Å². The molecule has 0 saturated heterocycles. The molecule has 65 heavy (non-hydrogen) atoms. The molecule has 1 aromatic heterocycles. The predicted octanol–water partition coefficient (Wildman–Crippen LogP) is 10.3. The van der Waals surface area contributed by atoms with Crippen molar-refractivity contribution >= 4 is 108 Å². The molecule has 0 atom stereocenters. The van der Waals surface area contributed by atoms with Gasteiger partial charge in [-0.15, -0.1) is 0 Å². The second-order valence-corrected chi connectivity index (χ2v) is 25.6. The first kappa shape index (κ1) is 38.1. The highest BCUT2D eigenvalue weighted by Crippen LogP contribution is 2.40. The van der Waals surface area contributed by atoms with Gasteiger partial charge in [0.1, 0.15) is 11.2 Å². The van der Waals surface area contributed by atoms with Crippen LogP contribution in [0, 0.1) is 0 Å². The third kappa shape index (κ3) is 5.66. The van der Waals surface area contributed by atoms with E-state index in [1.807, 2.05) is 11.8 Å². The smallest absolute Gasteiger partial charge is 0.181 e. The number of nitrogens with zero attached hydrogens (tertiary/aromatic N) is 1. The molecular weight excluding hydrogens is 839 g/mol. The number of hydrogen-bond donors (Lipinski definition) is 0. The molecule has 0 saturated carbocycles. The maximum Gasteiger partial charge on any atom is 0.181 e. The molecule has 13 rings (SSSR count). The van der Waals surface area contributed by atoms with E-state index < -0.39 is 16.1 Å². The Morgan fingerprint density at radius 3 is 1.40 bits per heavy atom. The van der Waals surface area contributed by atoms with E-state index in [1.165, 1.54) is 56.8 Å². The molecule has 0 amide bonds. The minimum absolute atomic E-state index is 0.869. The van der Waals surface area contributed by atoms with Gasteiger partial charge in [0.15, 0.2) is 16.1 Å². The van der Waals surface area contributed by atoms with Gasteiger partial charge in [-0.1, -0.05) is 194 Å². The van der Waals surface area contributed by atoms with Crippen molar-refractivity contribution < 1.29 is 4.42 Å². The van der Waals surface area contributed by atoms with Crippen LogP contribution in [0.4, 0.5) is 17.1 Å². The Morgan fingerprint density at radius 1 is 0.308 bits per heavy atom. The second kappa shape index (κ2) is 15.1. The van der Waals surface area contributed by atoms with Crippen LogP contribution in [0.5, 0.6) is 0 Å². The van der Waals surface area contributed by atoms with E-state index in [2.05, 4.69) is 254 Å². The van der Waals surface area contributed by atoms with E-state index in [0.717, 1.165) is 44.6 Å². The Bertz CT molecular complexity index is 3510. The van der Waals surface area contributed by atoms with Crippen LogP contribution in [0.2, 0.25) is 0 Å². The van der Waals surface area contributed by atoms with Crippen molar-refractivity contribution in [2.75, 3.05) is 4.90 Å². The van der Waals surface area contributed by atoms with E-state index >= 15 is 0 Å². The molecule has 10 aromatic carbocycles. The summed E-state index contributed by atoms with van der Waals surface area (Å²) < 4.78 is 6.78. The van der Waals surface area contributed by atoms with Gasteiger partial charge in [-0.2, -0.15) is 0 Å². The van der Waals surface area contributed by atoms with Crippen LogP contribution >= 0.6 is 11.8 Å². The molecular formula is C60H41NOSSi2. The van der Waals surface area contributed by atoms with Crippen molar-refractivity contribution in [1.29, 1.82) is 0 Å². The molecule has 0 aliphatic carbocycles. The number of para-hydroxylation sites is 1. The molecule has 1 spiro atoms. The monoisotopic (exact) mass is 879 g/mol. The number of rotatable bonds is 6. The summed E-state index contributed by atoms with van der Waals surface area (Å²) in [6.07, 6.45) is 0. The van der Waals surface area contributed by atoms with E-state index in [4.69, 9.17) is 4.42 Å². The minimum Gasteiger partial charge on any atom is -0.456 e. The molecule has 306 valence electrons. The molecule has 5 heteroatoms. The summed E-state index contributed by atoms with van der Waals surface area (Å²) >= 11 is 1.92. The average Bonchev–Trinajstić information content (AvgIpc) is 3.75. The first-order chi connectivity index (χ1) is 32.2. The summed E-state index contributed by atoms with van der Waals surface area (Å²) in [6, 6.07) is 93.3. The fourth-order valence-electron chi connectivity index (χ4n) is 11.2. The highest BCUT2D eigenvalue weighted by atomic mass is 32.2. The van der Waals surface area contributed by atoms with Crippen LogP contribution in [0.3, 0.4) is 0 Å². The zero-order chi connectivity index (χ0) is 43.0. The first-order valence-electron chi connectivity index (χ1n) is 22.3. The molecule has 0 unspecified atom stereocenters. The van der Waals surface area contributed by atoms with Gasteiger partial charge < -0.3 is 9.32 Å². The standard InChI is InChI=1S/C60H41NOSSi2/c1-5-19-42(20-6-1)43-33-36-49-50-37-34-45(40-52(50)62-51(49)39-43)61(44-21-7-2-8-22-44)46-35-38-59-60(41-46)65(55-29-15-13-27-53(55)63-54-28-14-16-30-56(54)65)58-32-18-17-31-57(58)64(59,47-23-9-3-10-24-47)48-25-11-4-12-26-48/h1-41H. The maximum absolute atomic E-state index is 6.78. The SMILES string of the molecule is c1ccc(-c2ccc3c(c2)oc2cc(N(c4ccccc4)c4ccc5c(c4)[Si]4(c6ccccc6Sc6ccccc64)c4ccccc4[Si]5(c4ccccc4)c4ccccc4)ccc23)cc1. The highest BCUT2D eigenvalue weighted by Gasteiger charge is 2.58. The second-order valence-electron chi connectivity index (χ2n) is 17.1. The lowest BCUT2D eigenvalue weighted by atomic mass is 10.0. The van der Waals surface area contributed by atoms with Crippen LogP contribution in [0.1, 0.15) is 0 Å². The molecule has 11 aromatic rings. The number of benzene rings is 10. The summed E-state index contributed by atoms with van der Waals surface area (Å²) in [6.45, 7) is 0. The summed E-state index contributed by atoms with van der Waals surface area (Å²) in [5.74, 6) is 0. The van der Waals surface area contributed by atoms with Gasteiger partial charge in [-0.05, 0) is 113 Å². The fourth-order valence-corrected chi connectivity index (χ4v) is 25.5. The molecule has 2 nitrogen and oxygen atoms in total. The lowest BCUT2D eigenvalue weighted by Gasteiger charge is -2.50. The van der Waals surface area contributed by atoms with Crippen LogP contribution in [-0.4, -0.2) is 16.1 Å². The molecule has 0 bridgehead atoms. The Kier molecular flexibility index (Phi) is 8.85. The summed E-state index contributed by atoms with van der Waals surface area (Å²) in [7, 11) is -5.95. The third-order valence-corrected chi connectivity index (χ3v) is 25.7. The van der Waals surface area contributed by atoms with Gasteiger partial charge >= 0.3 is 0 Å². The van der Waals surface area contributed by atoms with Crippen LogP contribution in [-0.2, 0) is 0 Å². The Balaban J connectivity index is 1.12. The normalized spacial score (nSPS) is 14.0. The lowest BCUT2D eigenvalue weighted by molar-refractivity contribution is 0.669. The largest absolute Gasteiger partial charge is 0.456 e. The van der Waals surface area contributed by atoms with E-state index in [-0.39, 0.29) is 0 Å². The summed E-state index contributed by atoms with van der Waals surface area (Å²) in [4.78, 5) is 5.14. The fraction of sp³-hybridized carbons (Fsp3) is 0. The Hall–Kier alpha value is -7.42. The van der Waals surface area contributed by atoms with Gasteiger partial charge in [0.05, 0.1) is 0 Å². The van der Waals surface area contributed by atoms with Gasteiger partial charge in [0.25, 0.3) is 0 Å². The summed E-state index contributed by atoms with van der Waals surface area (Å²) in [5.41, 5.74) is 7.35. The zero-order valence-electron chi connectivity index (χ0n) is 35.4. The predicted molar refractivity (Wildman–Crippen MR) is 279 cm³/mol. The summed E-state index contributed by atoms with van der Waals surface area (Å²) in [5, 5.41) is 13.9. The van der Waals surface area contributed by atoms with E-state index in [9.17, 15) is 0 Å². The number of fused-ring (bicyclic) bond motifs is 11. The van der Waals surface area contributed by atoms with E-state index in [0.29, 0.717) is 0 Å². The van der Waals surface area contributed by atoms with Crippen molar-refractivity contribution in [1.82, 2.24) is 0 Å². The number of anilines is 3. The third-order valence-electron chi connectivity index (χ3n) is 13.9. The van der Waals surface area contributed by atoms with Gasteiger partial charge in [-0.3, -0.25) is 0 Å². The quantitative estimate of drug-likeness (QED) is 0.155. The number of hydrogen-bond acceptors (Lipinski definition) is 3. The zero-order valence-corrected chi connectivity index (χ0v) is 38.3. The molecule has 0 fully saturated rings. The van der Waals surface area contributed by atoms with E-state index in [1.54, 1.807) is 0 Å². The molecule has 2 aliphatic heterocycles. The topological polar surface area (TPSA) is 16.4 Å². The highest BCUT2D eigenvalue weighted by molar-refractivity contribution is 8.00. The van der Waals surface area contributed by atoms with Crippen LogP contribution in [0.25, 0.3) is 33.1 Å². The van der Waals surface area contributed by atoms with Crippen molar-refractivity contribution in [3.05, 3.63) is 249 Å². The van der Waals surface area contributed by atoms with Gasteiger partial charge in [-0.25, -0.2) is 0 Å². The van der Waals surface area contributed by atoms with Crippen molar-refractivity contribution in [3.8, 4) is 11.1 Å². The number of furan rings is 1. The molecule has 0 N–H and O–H groups in total. The van der Waals surface area contributed by atoms with Gasteiger partial charge in [0.2, 0.25) is 0 Å². The van der Waals surface area contributed by atoms with Crippen molar-refractivity contribution in [3.63, 3.8) is 0 Å². The molecule has 3 heterocycles. The van der Waals surface area contributed by atoms with Crippen LogP contribution < -0.4 is 46.4 Å². The minimum atomic E-state index is -3.02. The average molecular weight is 880 g/mol. The van der Waals surface area contributed by atoms with Crippen molar-refractivity contribution in [2.24, 2.45) is 0 Å². The van der Waals surface area contributed by atoms with Gasteiger partial charge in [0, 0.05) is 43.7 Å². The molecule has 2 aliphatic rings. The lowest BCUT2D eigenvalue weighted by Crippen LogP contribution is -2.93. The Morgan fingerprint density at radius 2 is 0.769 bits per heavy atom. The first-order valence-corrected chi connectivity index (χ1v) is 27.1. The molecule has 0 radical (unpaired) electrons. The van der Waals surface area contributed by atoms with Crippen molar-refractivity contribution in [2.45, 2.75) is 9.79 Å². The maximum atomic E-state index is 6.78.